The van der Waals surface area contributed by atoms with E-state index in [1.807, 2.05) is 6.07 Å². The Balaban J connectivity index is 3.06. The number of benzene rings is 1. The van der Waals surface area contributed by atoms with Gasteiger partial charge in [-0.05, 0) is 17.7 Å². The monoisotopic (exact) mass is 190 g/mol. The summed E-state index contributed by atoms with van der Waals surface area (Å²) in [6.45, 7) is 0. The van der Waals surface area contributed by atoms with E-state index in [1.165, 1.54) is 7.11 Å². The third-order valence-electron chi connectivity index (χ3n) is 1.83. The number of carbonyl (C=O) groups excluding carboxylic acids is 1. The van der Waals surface area contributed by atoms with Crippen LogP contribution in [-0.4, -0.2) is 13.0 Å². The first-order valence-electron chi connectivity index (χ1n) is 4.01. The highest BCUT2D eigenvalue weighted by molar-refractivity contribution is 5.92. The van der Waals surface area contributed by atoms with E-state index in [2.05, 4.69) is 0 Å². The molecule has 0 aliphatic carbocycles. The molecule has 1 unspecified atom stereocenters. The maximum Gasteiger partial charge on any atom is 0.248 e. The van der Waals surface area contributed by atoms with Crippen molar-refractivity contribution in [1.29, 1.82) is 5.26 Å². The van der Waals surface area contributed by atoms with Gasteiger partial charge in [-0.25, -0.2) is 0 Å². The van der Waals surface area contributed by atoms with Gasteiger partial charge in [0.2, 0.25) is 5.91 Å². The van der Waals surface area contributed by atoms with Gasteiger partial charge in [0.25, 0.3) is 0 Å². The normalized spacial score (nSPS) is 11.7. The van der Waals surface area contributed by atoms with E-state index < -0.39 is 12.0 Å². The Hall–Kier alpha value is -1.86. The summed E-state index contributed by atoms with van der Waals surface area (Å²) in [4.78, 5) is 10.9. The summed E-state index contributed by atoms with van der Waals surface area (Å²) in [6, 6.07) is 8.49. The van der Waals surface area contributed by atoms with Gasteiger partial charge in [-0.3, -0.25) is 4.79 Å². The molecule has 4 nitrogen and oxygen atoms in total. The molecule has 0 spiro atoms. The lowest BCUT2D eigenvalue weighted by Gasteiger charge is -2.07. The van der Waals surface area contributed by atoms with E-state index >= 15 is 0 Å². The average molecular weight is 190 g/mol. The predicted octanol–water partition coefficient (Wildman–Crippen LogP) is 0.997. The lowest BCUT2D eigenvalue weighted by atomic mass is 10.1. The van der Waals surface area contributed by atoms with E-state index in [-0.39, 0.29) is 0 Å². The fourth-order valence-electron chi connectivity index (χ4n) is 1.12. The smallest absolute Gasteiger partial charge is 0.248 e. The molecule has 0 aliphatic rings. The minimum atomic E-state index is -0.658. The van der Waals surface area contributed by atoms with Crippen molar-refractivity contribution in [2.75, 3.05) is 7.11 Å². The van der Waals surface area contributed by atoms with Gasteiger partial charge in [0.05, 0.1) is 6.07 Å². The quantitative estimate of drug-likeness (QED) is 0.772. The van der Waals surface area contributed by atoms with Crippen molar-refractivity contribution < 1.29 is 9.53 Å². The second kappa shape index (κ2) is 4.40. The maximum atomic E-state index is 10.9. The Bertz CT molecular complexity index is 382. The number of hydrogen-bond acceptors (Lipinski definition) is 3. The number of amides is 1. The summed E-state index contributed by atoms with van der Waals surface area (Å²) >= 11 is 0. The lowest BCUT2D eigenvalue weighted by Crippen LogP contribution is -2.11. The number of ether oxygens (including phenoxy) is 1. The molecule has 72 valence electrons. The minimum Gasteiger partial charge on any atom is -0.366 e. The molecular formula is C10H10N2O2. The van der Waals surface area contributed by atoms with Gasteiger partial charge in [-0.1, -0.05) is 12.1 Å². The summed E-state index contributed by atoms with van der Waals surface area (Å²) in [7, 11) is 1.44. The number of carbonyl (C=O) groups is 1. The summed E-state index contributed by atoms with van der Waals surface area (Å²) in [5.41, 5.74) is 6.11. The minimum absolute atomic E-state index is 0.375. The summed E-state index contributed by atoms with van der Waals surface area (Å²) in [6.07, 6.45) is -0.658. The lowest BCUT2D eigenvalue weighted by molar-refractivity contribution is 0.0999. The van der Waals surface area contributed by atoms with Gasteiger partial charge >= 0.3 is 0 Å². The van der Waals surface area contributed by atoms with Crippen LogP contribution < -0.4 is 5.73 Å². The van der Waals surface area contributed by atoms with Crippen molar-refractivity contribution in [3.63, 3.8) is 0 Å². The van der Waals surface area contributed by atoms with Crippen molar-refractivity contribution in [3.05, 3.63) is 35.4 Å². The van der Waals surface area contributed by atoms with E-state index in [0.717, 1.165) is 0 Å². The first kappa shape index (κ1) is 10.2. The standard InChI is InChI=1S/C10H10N2O2/c1-14-9(6-11)7-3-2-4-8(5-7)10(12)13/h2-5,9H,1H3,(H2,12,13). The van der Waals surface area contributed by atoms with Crippen LogP contribution in [0.3, 0.4) is 0 Å². The third-order valence-corrected chi connectivity index (χ3v) is 1.83. The van der Waals surface area contributed by atoms with Gasteiger partial charge in [0.15, 0.2) is 6.10 Å². The molecule has 0 radical (unpaired) electrons. The van der Waals surface area contributed by atoms with Gasteiger partial charge in [-0.2, -0.15) is 5.26 Å². The van der Waals surface area contributed by atoms with Crippen molar-refractivity contribution in [3.8, 4) is 6.07 Å². The molecule has 0 heterocycles. The number of nitrogens with two attached hydrogens (primary N) is 1. The highest BCUT2D eigenvalue weighted by Crippen LogP contribution is 2.16. The van der Waals surface area contributed by atoms with Crippen LogP contribution in [0.1, 0.15) is 22.0 Å². The molecule has 0 aromatic heterocycles. The van der Waals surface area contributed by atoms with E-state index in [9.17, 15) is 4.79 Å². The molecule has 1 atom stereocenters. The third kappa shape index (κ3) is 2.09. The molecule has 1 aromatic rings. The molecule has 0 bridgehead atoms. The van der Waals surface area contributed by atoms with Crippen LogP contribution in [0, 0.1) is 11.3 Å². The van der Waals surface area contributed by atoms with Crippen LogP contribution in [0.2, 0.25) is 0 Å². The van der Waals surface area contributed by atoms with Crippen LogP contribution >= 0.6 is 0 Å². The van der Waals surface area contributed by atoms with Crippen molar-refractivity contribution >= 4 is 5.91 Å². The van der Waals surface area contributed by atoms with Crippen LogP contribution in [0.25, 0.3) is 0 Å². The number of primary amides is 1. The Kier molecular flexibility index (Phi) is 3.21. The number of hydrogen-bond donors (Lipinski definition) is 1. The Labute approximate surface area is 81.9 Å². The highest BCUT2D eigenvalue weighted by Gasteiger charge is 2.10. The Morgan fingerprint density at radius 2 is 2.36 bits per heavy atom. The van der Waals surface area contributed by atoms with E-state index in [0.29, 0.717) is 11.1 Å². The van der Waals surface area contributed by atoms with E-state index in [1.54, 1.807) is 24.3 Å². The molecule has 0 saturated carbocycles. The number of nitrogens with zero attached hydrogens (tertiary/aromatic N) is 1. The summed E-state index contributed by atoms with van der Waals surface area (Å²) in [5, 5.41) is 8.72. The molecule has 0 fully saturated rings. The fourth-order valence-corrected chi connectivity index (χ4v) is 1.12. The van der Waals surface area contributed by atoms with Gasteiger partial charge in [0.1, 0.15) is 0 Å². The van der Waals surface area contributed by atoms with Crippen LogP contribution in [-0.2, 0) is 4.74 Å². The summed E-state index contributed by atoms with van der Waals surface area (Å²) in [5.74, 6) is -0.514. The van der Waals surface area contributed by atoms with Crippen molar-refractivity contribution in [2.45, 2.75) is 6.10 Å². The van der Waals surface area contributed by atoms with Gasteiger partial charge < -0.3 is 10.5 Å². The molecule has 0 saturated heterocycles. The van der Waals surface area contributed by atoms with Crippen molar-refractivity contribution in [1.82, 2.24) is 0 Å². The average Bonchev–Trinajstić information content (AvgIpc) is 2.20. The fraction of sp³-hybridized carbons (Fsp3) is 0.200. The molecule has 0 aliphatic heterocycles. The highest BCUT2D eigenvalue weighted by atomic mass is 16.5. The van der Waals surface area contributed by atoms with Gasteiger partial charge in [0, 0.05) is 12.7 Å². The Morgan fingerprint density at radius 3 is 2.86 bits per heavy atom. The molecule has 1 amide bonds. The predicted molar refractivity (Wildman–Crippen MR) is 50.3 cm³/mol. The topological polar surface area (TPSA) is 76.1 Å². The molecule has 2 N–H and O–H groups in total. The molecular weight excluding hydrogens is 180 g/mol. The molecule has 4 heteroatoms. The first-order valence-corrected chi connectivity index (χ1v) is 4.01. The zero-order valence-corrected chi connectivity index (χ0v) is 7.73. The van der Waals surface area contributed by atoms with Gasteiger partial charge in [-0.15, -0.1) is 0 Å². The van der Waals surface area contributed by atoms with Crippen LogP contribution in [0.5, 0.6) is 0 Å². The zero-order chi connectivity index (χ0) is 10.6. The number of methoxy groups -OCH3 is 1. The van der Waals surface area contributed by atoms with Crippen molar-refractivity contribution in [2.24, 2.45) is 5.73 Å². The SMILES string of the molecule is COC(C#N)c1cccc(C(N)=O)c1. The van der Waals surface area contributed by atoms with Crippen LogP contribution in [0.15, 0.2) is 24.3 Å². The maximum absolute atomic E-state index is 10.9. The second-order valence-corrected chi connectivity index (χ2v) is 2.73. The van der Waals surface area contributed by atoms with E-state index in [4.69, 9.17) is 15.7 Å². The molecule has 14 heavy (non-hydrogen) atoms. The Morgan fingerprint density at radius 1 is 1.64 bits per heavy atom. The second-order valence-electron chi connectivity index (χ2n) is 2.73. The largest absolute Gasteiger partial charge is 0.366 e. The zero-order valence-electron chi connectivity index (χ0n) is 7.73. The summed E-state index contributed by atoms with van der Waals surface area (Å²) < 4.78 is 4.91. The van der Waals surface area contributed by atoms with Crippen LogP contribution in [0.4, 0.5) is 0 Å². The number of nitriles is 1. The number of rotatable bonds is 3. The molecule has 1 rings (SSSR count). The first-order chi connectivity index (χ1) is 6.69. The molecule has 1 aromatic carbocycles.